The van der Waals surface area contributed by atoms with Crippen LogP contribution in [0.1, 0.15) is 20.3 Å². The van der Waals surface area contributed by atoms with E-state index in [4.69, 9.17) is 5.11 Å². The standard InChI is InChI=1S/C6H13NO2S/c1-4(2)7-5(10)3-6(8)9/h4-5,7,10H,3H2,1-2H3,(H,8,9). The molecule has 0 saturated heterocycles. The van der Waals surface area contributed by atoms with Crippen molar-refractivity contribution in [2.75, 3.05) is 0 Å². The van der Waals surface area contributed by atoms with Crippen LogP contribution in [0.15, 0.2) is 0 Å². The third-order valence-corrected chi connectivity index (χ3v) is 1.23. The number of hydrogen-bond acceptors (Lipinski definition) is 3. The highest BCUT2D eigenvalue weighted by Gasteiger charge is 2.07. The first kappa shape index (κ1) is 9.78. The Balaban J connectivity index is 3.43. The zero-order chi connectivity index (χ0) is 8.15. The van der Waals surface area contributed by atoms with Crippen molar-refractivity contribution in [1.82, 2.24) is 5.32 Å². The Morgan fingerprint density at radius 3 is 2.50 bits per heavy atom. The summed E-state index contributed by atoms with van der Waals surface area (Å²) >= 11 is 4.02. The number of nitrogens with one attached hydrogen (secondary N) is 1. The number of hydrogen-bond donors (Lipinski definition) is 3. The molecule has 0 fully saturated rings. The van der Waals surface area contributed by atoms with E-state index in [-0.39, 0.29) is 17.8 Å². The van der Waals surface area contributed by atoms with Crippen molar-refractivity contribution in [3.05, 3.63) is 0 Å². The normalized spacial score (nSPS) is 13.6. The van der Waals surface area contributed by atoms with Gasteiger partial charge in [-0.3, -0.25) is 4.79 Å². The topological polar surface area (TPSA) is 49.3 Å². The van der Waals surface area contributed by atoms with Gasteiger partial charge in [0.15, 0.2) is 0 Å². The summed E-state index contributed by atoms with van der Waals surface area (Å²) < 4.78 is 0. The molecule has 0 aromatic rings. The highest BCUT2D eigenvalue weighted by Crippen LogP contribution is 1.97. The Morgan fingerprint density at radius 1 is 1.70 bits per heavy atom. The second kappa shape index (κ2) is 4.57. The van der Waals surface area contributed by atoms with E-state index in [2.05, 4.69) is 17.9 Å². The Kier molecular flexibility index (Phi) is 4.47. The molecular weight excluding hydrogens is 150 g/mol. The molecular formula is C6H13NO2S. The van der Waals surface area contributed by atoms with Gasteiger partial charge in [-0.05, 0) is 13.8 Å². The first-order chi connectivity index (χ1) is 4.52. The van der Waals surface area contributed by atoms with Crippen molar-refractivity contribution in [2.24, 2.45) is 0 Å². The van der Waals surface area contributed by atoms with Gasteiger partial charge in [0.1, 0.15) is 0 Å². The van der Waals surface area contributed by atoms with E-state index in [1.165, 1.54) is 0 Å². The molecule has 0 aliphatic carbocycles. The van der Waals surface area contributed by atoms with E-state index in [1.54, 1.807) is 0 Å². The van der Waals surface area contributed by atoms with Crippen LogP contribution in [0.4, 0.5) is 0 Å². The second-order valence-corrected chi connectivity index (χ2v) is 3.06. The molecule has 3 nitrogen and oxygen atoms in total. The molecule has 1 atom stereocenters. The summed E-state index contributed by atoms with van der Waals surface area (Å²) in [5.41, 5.74) is 0. The summed E-state index contributed by atoms with van der Waals surface area (Å²) in [6.07, 6.45) is 0.0568. The molecule has 0 amide bonds. The molecule has 0 spiro atoms. The van der Waals surface area contributed by atoms with Gasteiger partial charge in [-0.1, -0.05) is 0 Å². The molecule has 60 valence electrons. The number of carboxylic acids is 1. The van der Waals surface area contributed by atoms with Gasteiger partial charge in [0.2, 0.25) is 0 Å². The number of aliphatic carboxylic acids is 1. The number of carboxylic acid groups (broad SMARTS) is 1. The first-order valence-electron chi connectivity index (χ1n) is 3.18. The van der Waals surface area contributed by atoms with Crippen molar-refractivity contribution in [3.63, 3.8) is 0 Å². The highest BCUT2D eigenvalue weighted by molar-refractivity contribution is 7.80. The van der Waals surface area contributed by atoms with E-state index < -0.39 is 5.97 Å². The Bertz CT molecular complexity index is 116. The lowest BCUT2D eigenvalue weighted by molar-refractivity contribution is -0.137. The molecule has 0 radical (unpaired) electrons. The first-order valence-corrected chi connectivity index (χ1v) is 3.70. The maximum Gasteiger partial charge on any atom is 0.305 e. The third kappa shape index (κ3) is 5.91. The quantitative estimate of drug-likeness (QED) is 0.422. The van der Waals surface area contributed by atoms with Gasteiger partial charge in [0.05, 0.1) is 11.8 Å². The number of thiol groups is 1. The maximum absolute atomic E-state index is 10.1. The number of rotatable bonds is 4. The lowest BCUT2D eigenvalue weighted by Crippen LogP contribution is -2.32. The average Bonchev–Trinajstić information content (AvgIpc) is 1.58. The fourth-order valence-corrected chi connectivity index (χ4v) is 1.06. The molecule has 0 aromatic heterocycles. The Morgan fingerprint density at radius 2 is 2.20 bits per heavy atom. The van der Waals surface area contributed by atoms with Crippen LogP contribution in [0.2, 0.25) is 0 Å². The van der Waals surface area contributed by atoms with E-state index in [0.29, 0.717) is 0 Å². The summed E-state index contributed by atoms with van der Waals surface area (Å²) in [7, 11) is 0. The summed E-state index contributed by atoms with van der Waals surface area (Å²) in [6, 6.07) is 0.279. The van der Waals surface area contributed by atoms with Crippen LogP contribution in [-0.4, -0.2) is 22.5 Å². The molecule has 0 saturated carbocycles. The monoisotopic (exact) mass is 163 g/mol. The average molecular weight is 163 g/mol. The lowest BCUT2D eigenvalue weighted by Gasteiger charge is -2.13. The van der Waals surface area contributed by atoms with Gasteiger partial charge >= 0.3 is 5.97 Å². The van der Waals surface area contributed by atoms with Crippen LogP contribution in [0.5, 0.6) is 0 Å². The molecule has 4 heteroatoms. The molecule has 0 aliphatic rings. The number of carbonyl (C=O) groups is 1. The van der Waals surface area contributed by atoms with Crippen molar-refractivity contribution < 1.29 is 9.90 Å². The zero-order valence-corrected chi connectivity index (χ0v) is 7.06. The Labute approximate surface area is 66.2 Å². The third-order valence-electron chi connectivity index (χ3n) is 0.894. The minimum absolute atomic E-state index is 0.0568. The highest BCUT2D eigenvalue weighted by atomic mass is 32.1. The molecule has 0 aliphatic heterocycles. The molecule has 1 unspecified atom stereocenters. The van der Waals surface area contributed by atoms with E-state index in [1.807, 2.05) is 13.8 Å². The van der Waals surface area contributed by atoms with Gasteiger partial charge in [-0.15, -0.1) is 0 Å². The smallest absolute Gasteiger partial charge is 0.305 e. The van der Waals surface area contributed by atoms with Gasteiger partial charge in [-0.25, -0.2) is 0 Å². The van der Waals surface area contributed by atoms with E-state index >= 15 is 0 Å². The van der Waals surface area contributed by atoms with Gasteiger partial charge in [-0.2, -0.15) is 12.6 Å². The van der Waals surface area contributed by atoms with Crippen LogP contribution < -0.4 is 5.32 Å². The minimum Gasteiger partial charge on any atom is -0.481 e. The molecule has 10 heavy (non-hydrogen) atoms. The largest absolute Gasteiger partial charge is 0.481 e. The Hall–Kier alpha value is -0.220. The predicted molar refractivity (Wildman–Crippen MR) is 43.3 cm³/mol. The van der Waals surface area contributed by atoms with Crippen molar-refractivity contribution >= 4 is 18.6 Å². The summed E-state index contributed by atoms with van der Waals surface area (Å²) in [4.78, 5) is 10.1. The maximum atomic E-state index is 10.1. The SMILES string of the molecule is CC(C)NC(S)CC(=O)O. The fourth-order valence-electron chi connectivity index (χ4n) is 0.609. The lowest BCUT2D eigenvalue weighted by atomic mass is 10.3. The second-order valence-electron chi connectivity index (χ2n) is 2.44. The van der Waals surface area contributed by atoms with Crippen LogP contribution in [0.3, 0.4) is 0 Å². The van der Waals surface area contributed by atoms with Crippen LogP contribution >= 0.6 is 12.6 Å². The summed E-state index contributed by atoms with van der Waals surface area (Å²) in [6.45, 7) is 3.90. The summed E-state index contributed by atoms with van der Waals surface area (Å²) in [5, 5.41) is 11.0. The van der Waals surface area contributed by atoms with Crippen LogP contribution in [0, 0.1) is 0 Å². The minimum atomic E-state index is -0.826. The van der Waals surface area contributed by atoms with E-state index in [9.17, 15) is 4.79 Å². The molecule has 2 N–H and O–H groups in total. The van der Waals surface area contributed by atoms with Gasteiger partial charge in [0.25, 0.3) is 0 Å². The zero-order valence-electron chi connectivity index (χ0n) is 6.16. The summed E-state index contributed by atoms with van der Waals surface area (Å²) in [5.74, 6) is -0.826. The van der Waals surface area contributed by atoms with E-state index in [0.717, 1.165) is 0 Å². The van der Waals surface area contributed by atoms with Crippen molar-refractivity contribution in [2.45, 2.75) is 31.7 Å². The van der Waals surface area contributed by atoms with Crippen molar-refractivity contribution in [3.8, 4) is 0 Å². The van der Waals surface area contributed by atoms with Gasteiger partial charge < -0.3 is 10.4 Å². The molecule has 0 heterocycles. The van der Waals surface area contributed by atoms with Crippen molar-refractivity contribution in [1.29, 1.82) is 0 Å². The van der Waals surface area contributed by atoms with Crippen LogP contribution in [0.25, 0.3) is 0 Å². The molecule has 0 rings (SSSR count). The molecule has 0 bridgehead atoms. The predicted octanol–water partition coefficient (Wildman–Crippen LogP) is 0.715. The fraction of sp³-hybridized carbons (Fsp3) is 0.833. The molecule has 0 aromatic carbocycles. The van der Waals surface area contributed by atoms with Gasteiger partial charge in [0, 0.05) is 6.04 Å². The van der Waals surface area contributed by atoms with Crippen LogP contribution in [-0.2, 0) is 4.79 Å².